The number of amides is 2. The Labute approximate surface area is 160 Å². The second-order valence-electron chi connectivity index (χ2n) is 6.84. The maximum atomic E-state index is 12.8. The van der Waals surface area contributed by atoms with Crippen molar-refractivity contribution in [3.8, 4) is 0 Å². The lowest BCUT2D eigenvalue weighted by molar-refractivity contribution is -0.143. The minimum atomic E-state index is -0.130. The van der Waals surface area contributed by atoms with E-state index in [0.29, 0.717) is 19.6 Å². The largest absolute Gasteiger partial charge is 0.372 e. The fourth-order valence-corrected chi connectivity index (χ4v) is 3.37. The zero-order valence-corrected chi connectivity index (χ0v) is 15.9. The van der Waals surface area contributed by atoms with Crippen molar-refractivity contribution in [2.45, 2.75) is 26.3 Å². The third-order valence-electron chi connectivity index (χ3n) is 4.85. The molecule has 0 saturated carbocycles. The van der Waals surface area contributed by atoms with Gasteiger partial charge in [-0.05, 0) is 38.0 Å². The van der Waals surface area contributed by atoms with Gasteiger partial charge in [-0.1, -0.05) is 48.0 Å². The van der Waals surface area contributed by atoms with Gasteiger partial charge in [0.1, 0.15) is 13.2 Å². The van der Waals surface area contributed by atoms with Crippen LogP contribution < -0.4 is 4.90 Å². The normalized spacial score (nSPS) is 17.3. The van der Waals surface area contributed by atoms with E-state index in [9.17, 15) is 9.59 Å². The fourth-order valence-electron chi connectivity index (χ4n) is 3.37. The van der Waals surface area contributed by atoms with E-state index in [4.69, 9.17) is 4.74 Å². The standard InChI is InChI=1S/C22H26N2O3/c1-3-27-16-22(26)24-15-21(25)23(19-11-9-17(2)10-12-19)14-20(24)13-18-7-5-4-6-8-18/h4-12,20H,3,13-16H2,1-2H3. The maximum Gasteiger partial charge on any atom is 0.249 e. The summed E-state index contributed by atoms with van der Waals surface area (Å²) in [5, 5.41) is 0. The molecule has 5 heteroatoms. The molecule has 5 nitrogen and oxygen atoms in total. The smallest absolute Gasteiger partial charge is 0.249 e. The second kappa shape index (κ2) is 8.82. The molecule has 1 aliphatic heterocycles. The van der Waals surface area contributed by atoms with Gasteiger partial charge in [-0.3, -0.25) is 9.59 Å². The highest BCUT2D eigenvalue weighted by molar-refractivity contribution is 5.98. The molecule has 0 N–H and O–H groups in total. The summed E-state index contributed by atoms with van der Waals surface area (Å²) in [4.78, 5) is 28.8. The van der Waals surface area contributed by atoms with Crippen LogP contribution in [-0.2, 0) is 20.7 Å². The van der Waals surface area contributed by atoms with Crippen molar-refractivity contribution in [2.75, 3.05) is 31.2 Å². The van der Waals surface area contributed by atoms with Gasteiger partial charge in [0, 0.05) is 18.8 Å². The van der Waals surface area contributed by atoms with Gasteiger partial charge in [0.2, 0.25) is 11.8 Å². The summed E-state index contributed by atoms with van der Waals surface area (Å²) < 4.78 is 5.29. The van der Waals surface area contributed by atoms with E-state index in [-0.39, 0.29) is 31.0 Å². The topological polar surface area (TPSA) is 49.9 Å². The molecule has 27 heavy (non-hydrogen) atoms. The Bertz CT molecular complexity index is 774. The first-order valence-electron chi connectivity index (χ1n) is 9.36. The maximum absolute atomic E-state index is 12.8. The van der Waals surface area contributed by atoms with E-state index in [2.05, 4.69) is 12.1 Å². The summed E-state index contributed by atoms with van der Waals surface area (Å²) in [6.07, 6.45) is 0.703. The van der Waals surface area contributed by atoms with Crippen molar-refractivity contribution in [3.63, 3.8) is 0 Å². The van der Waals surface area contributed by atoms with E-state index in [1.165, 1.54) is 0 Å². The molecule has 2 aromatic rings. The van der Waals surface area contributed by atoms with Crippen molar-refractivity contribution in [1.82, 2.24) is 4.90 Å². The van der Waals surface area contributed by atoms with Crippen LogP contribution in [0.4, 0.5) is 5.69 Å². The van der Waals surface area contributed by atoms with Gasteiger partial charge in [-0.2, -0.15) is 0 Å². The van der Waals surface area contributed by atoms with Crippen LogP contribution in [0.5, 0.6) is 0 Å². The Balaban J connectivity index is 1.83. The molecule has 1 unspecified atom stereocenters. The average molecular weight is 366 g/mol. The van der Waals surface area contributed by atoms with Crippen LogP contribution >= 0.6 is 0 Å². The van der Waals surface area contributed by atoms with Crippen LogP contribution in [0.3, 0.4) is 0 Å². The molecule has 2 amide bonds. The Hall–Kier alpha value is -2.66. The highest BCUT2D eigenvalue weighted by atomic mass is 16.5. The zero-order valence-electron chi connectivity index (χ0n) is 15.9. The summed E-state index contributed by atoms with van der Waals surface area (Å²) in [5.74, 6) is -0.192. The van der Waals surface area contributed by atoms with Crippen LogP contribution in [-0.4, -0.2) is 49.1 Å². The molecule has 1 saturated heterocycles. The number of hydrogen-bond acceptors (Lipinski definition) is 3. The Morgan fingerprint density at radius 1 is 1.11 bits per heavy atom. The SMILES string of the molecule is CCOCC(=O)N1CC(=O)N(c2ccc(C)cc2)CC1Cc1ccccc1. The number of carbonyl (C=O) groups is 2. The first kappa shape index (κ1) is 19.1. The summed E-state index contributed by atoms with van der Waals surface area (Å²) in [6, 6.07) is 17.9. The van der Waals surface area contributed by atoms with Crippen molar-refractivity contribution in [3.05, 3.63) is 65.7 Å². The van der Waals surface area contributed by atoms with E-state index in [0.717, 1.165) is 16.8 Å². The highest BCUT2D eigenvalue weighted by Crippen LogP contribution is 2.23. The summed E-state index contributed by atoms with van der Waals surface area (Å²) in [5.41, 5.74) is 3.17. The molecule has 3 rings (SSSR count). The highest BCUT2D eigenvalue weighted by Gasteiger charge is 2.35. The first-order chi connectivity index (χ1) is 13.1. The van der Waals surface area contributed by atoms with Crippen LogP contribution in [0.15, 0.2) is 54.6 Å². The van der Waals surface area contributed by atoms with Crippen LogP contribution in [0.2, 0.25) is 0 Å². The molecular formula is C22H26N2O3. The third kappa shape index (κ3) is 4.74. The molecule has 0 radical (unpaired) electrons. The number of benzene rings is 2. The number of aryl methyl sites for hydroxylation is 1. The molecule has 2 aromatic carbocycles. The Kier molecular flexibility index (Phi) is 6.24. The molecule has 0 aromatic heterocycles. The number of anilines is 1. The van der Waals surface area contributed by atoms with Gasteiger partial charge in [-0.25, -0.2) is 0 Å². The summed E-state index contributed by atoms with van der Waals surface area (Å²) >= 11 is 0. The number of piperazine rings is 1. The van der Waals surface area contributed by atoms with Gasteiger partial charge in [0.15, 0.2) is 0 Å². The average Bonchev–Trinajstić information content (AvgIpc) is 2.68. The Morgan fingerprint density at radius 3 is 2.48 bits per heavy atom. The third-order valence-corrected chi connectivity index (χ3v) is 4.85. The number of ether oxygens (including phenoxy) is 1. The minimum absolute atomic E-state index is 0.0135. The molecular weight excluding hydrogens is 340 g/mol. The van der Waals surface area contributed by atoms with Gasteiger partial charge in [0.05, 0.1) is 6.04 Å². The van der Waals surface area contributed by atoms with Crippen molar-refractivity contribution in [1.29, 1.82) is 0 Å². The lowest BCUT2D eigenvalue weighted by Crippen LogP contribution is -2.59. The van der Waals surface area contributed by atoms with Crippen molar-refractivity contribution < 1.29 is 14.3 Å². The lowest BCUT2D eigenvalue weighted by atomic mass is 10.0. The predicted molar refractivity (Wildman–Crippen MR) is 106 cm³/mol. The van der Waals surface area contributed by atoms with Gasteiger partial charge >= 0.3 is 0 Å². The lowest BCUT2D eigenvalue weighted by Gasteiger charge is -2.41. The number of nitrogens with zero attached hydrogens (tertiary/aromatic N) is 2. The number of hydrogen-bond donors (Lipinski definition) is 0. The predicted octanol–water partition coefficient (Wildman–Crippen LogP) is 2.82. The van der Waals surface area contributed by atoms with E-state index in [1.54, 1.807) is 9.80 Å². The fraction of sp³-hybridized carbons (Fsp3) is 0.364. The van der Waals surface area contributed by atoms with Gasteiger partial charge < -0.3 is 14.5 Å². The summed E-state index contributed by atoms with van der Waals surface area (Å²) in [6.45, 7) is 4.93. The molecule has 1 aliphatic rings. The zero-order chi connectivity index (χ0) is 19.2. The van der Waals surface area contributed by atoms with Crippen LogP contribution in [0.1, 0.15) is 18.1 Å². The summed E-state index contributed by atoms with van der Waals surface area (Å²) in [7, 11) is 0. The number of rotatable bonds is 6. The monoisotopic (exact) mass is 366 g/mol. The Morgan fingerprint density at radius 2 is 1.81 bits per heavy atom. The minimum Gasteiger partial charge on any atom is -0.372 e. The number of carbonyl (C=O) groups excluding carboxylic acids is 2. The molecule has 1 heterocycles. The second-order valence-corrected chi connectivity index (χ2v) is 6.84. The molecule has 1 fully saturated rings. The van der Waals surface area contributed by atoms with Crippen LogP contribution in [0, 0.1) is 6.92 Å². The van der Waals surface area contributed by atoms with Crippen molar-refractivity contribution >= 4 is 17.5 Å². The molecule has 0 spiro atoms. The first-order valence-corrected chi connectivity index (χ1v) is 9.36. The van der Waals surface area contributed by atoms with Crippen molar-refractivity contribution in [2.24, 2.45) is 0 Å². The molecule has 142 valence electrons. The van der Waals surface area contributed by atoms with Crippen LogP contribution in [0.25, 0.3) is 0 Å². The molecule has 0 bridgehead atoms. The molecule has 0 aliphatic carbocycles. The van der Waals surface area contributed by atoms with Gasteiger partial charge in [0.25, 0.3) is 0 Å². The quantitative estimate of drug-likeness (QED) is 0.790. The van der Waals surface area contributed by atoms with E-state index < -0.39 is 0 Å². The molecule has 1 atom stereocenters. The van der Waals surface area contributed by atoms with Gasteiger partial charge in [-0.15, -0.1) is 0 Å². The van der Waals surface area contributed by atoms with E-state index >= 15 is 0 Å². The van der Waals surface area contributed by atoms with E-state index in [1.807, 2.05) is 56.3 Å².